The number of aromatic nitrogens is 2. The summed E-state index contributed by atoms with van der Waals surface area (Å²) in [6, 6.07) is 7.93. The minimum Gasteiger partial charge on any atom is -0.354 e. The Labute approximate surface area is 153 Å². The van der Waals surface area contributed by atoms with Crippen LogP contribution in [0.2, 0.25) is 0 Å². The average Bonchev–Trinajstić information content (AvgIpc) is 2.62. The number of nitrogens with one attached hydrogen (secondary N) is 2. The van der Waals surface area contributed by atoms with Gasteiger partial charge in [0.25, 0.3) is 5.91 Å². The molecule has 2 rings (SSSR count). The summed E-state index contributed by atoms with van der Waals surface area (Å²) in [5, 5.41) is 10.9. The van der Waals surface area contributed by atoms with Crippen LogP contribution >= 0.6 is 0 Å². The third-order valence-electron chi connectivity index (χ3n) is 3.65. The van der Waals surface area contributed by atoms with Crippen LogP contribution in [0.1, 0.15) is 35.8 Å². The zero-order chi connectivity index (χ0) is 19.0. The Morgan fingerprint density at radius 2 is 1.88 bits per heavy atom. The summed E-state index contributed by atoms with van der Waals surface area (Å²) in [6.45, 7) is 3.22. The highest BCUT2D eigenvalue weighted by molar-refractivity contribution is 7.89. The number of unbranched alkanes of at least 4 members (excludes halogenated alkanes) is 1. The third kappa shape index (κ3) is 6.08. The van der Waals surface area contributed by atoms with Gasteiger partial charge in [0.15, 0.2) is 0 Å². The first-order chi connectivity index (χ1) is 12.4. The second-order valence-electron chi connectivity index (χ2n) is 5.74. The summed E-state index contributed by atoms with van der Waals surface area (Å²) in [6.07, 6.45) is 4.10. The number of carbonyl (C=O) groups is 1. The molecule has 4 N–H and O–H groups in total. The lowest BCUT2D eigenvalue weighted by molar-refractivity contribution is 0.0948. The molecule has 0 saturated heterocycles. The molecule has 0 aliphatic rings. The molecule has 0 spiro atoms. The molecule has 2 aromatic rings. The monoisotopic (exact) mass is 377 g/mol. The SMILES string of the molecule is CCCCNC(=O)c1ccnc(NCCc2ccc(S(N)(=O)=O)cc2)n1. The van der Waals surface area contributed by atoms with Gasteiger partial charge in [-0.25, -0.2) is 23.5 Å². The lowest BCUT2D eigenvalue weighted by Crippen LogP contribution is -2.25. The molecule has 1 amide bonds. The zero-order valence-corrected chi connectivity index (χ0v) is 15.4. The van der Waals surface area contributed by atoms with Gasteiger partial charge in [0, 0.05) is 19.3 Å². The molecule has 0 bridgehead atoms. The quantitative estimate of drug-likeness (QED) is 0.565. The molecule has 0 saturated carbocycles. The molecule has 0 aliphatic heterocycles. The molecular weight excluding hydrogens is 354 g/mol. The lowest BCUT2D eigenvalue weighted by Gasteiger charge is -2.07. The van der Waals surface area contributed by atoms with Crippen molar-refractivity contribution in [3.05, 3.63) is 47.8 Å². The van der Waals surface area contributed by atoms with Crippen molar-refractivity contribution in [3.8, 4) is 0 Å². The maximum Gasteiger partial charge on any atom is 0.270 e. The summed E-state index contributed by atoms with van der Waals surface area (Å²) in [4.78, 5) is 20.4. The molecular formula is C17H23N5O3S. The van der Waals surface area contributed by atoms with Crippen LogP contribution in [0.25, 0.3) is 0 Å². The van der Waals surface area contributed by atoms with E-state index in [4.69, 9.17) is 5.14 Å². The first-order valence-corrected chi connectivity index (χ1v) is 9.91. The lowest BCUT2D eigenvalue weighted by atomic mass is 10.1. The van der Waals surface area contributed by atoms with E-state index < -0.39 is 10.0 Å². The molecule has 0 radical (unpaired) electrons. The molecule has 0 atom stereocenters. The van der Waals surface area contributed by atoms with Gasteiger partial charge in [0.05, 0.1) is 4.90 Å². The van der Waals surface area contributed by atoms with E-state index in [0.717, 1.165) is 18.4 Å². The normalized spacial score (nSPS) is 11.2. The minimum atomic E-state index is -3.68. The average molecular weight is 377 g/mol. The summed E-state index contributed by atoms with van der Waals surface area (Å²) >= 11 is 0. The van der Waals surface area contributed by atoms with Crippen LogP contribution < -0.4 is 15.8 Å². The number of sulfonamides is 1. The van der Waals surface area contributed by atoms with Crippen LogP contribution in [0, 0.1) is 0 Å². The topological polar surface area (TPSA) is 127 Å². The van der Waals surface area contributed by atoms with E-state index >= 15 is 0 Å². The molecule has 1 aromatic heterocycles. The Balaban J connectivity index is 1.88. The van der Waals surface area contributed by atoms with E-state index in [1.54, 1.807) is 18.2 Å². The van der Waals surface area contributed by atoms with Gasteiger partial charge >= 0.3 is 0 Å². The maximum atomic E-state index is 12.0. The number of hydrogen-bond acceptors (Lipinski definition) is 6. The number of benzene rings is 1. The number of hydrogen-bond donors (Lipinski definition) is 3. The van der Waals surface area contributed by atoms with E-state index in [2.05, 4.69) is 27.5 Å². The predicted octanol–water partition coefficient (Wildman–Crippen LogP) is 1.31. The number of anilines is 1. The van der Waals surface area contributed by atoms with Gasteiger partial charge in [0.1, 0.15) is 5.69 Å². The molecule has 0 unspecified atom stereocenters. The van der Waals surface area contributed by atoms with Crippen molar-refractivity contribution in [1.29, 1.82) is 0 Å². The first-order valence-electron chi connectivity index (χ1n) is 8.37. The third-order valence-corrected chi connectivity index (χ3v) is 4.58. The van der Waals surface area contributed by atoms with E-state index in [1.807, 2.05) is 0 Å². The van der Waals surface area contributed by atoms with E-state index in [1.165, 1.54) is 18.3 Å². The zero-order valence-electron chi connectivity index (χ0n) is 14.6. The maximum absolute atomic E-state index is 12.0. The van der Waals surface area contributed by atoms with Gasteiger partial charge in [0.2, 0.25) is 16.0 Å². The summed E-state index contributed by atoms with van der Waals surface area (Å²) in [5.41, 5.74) is 1.26. The second kappa shape index (κ2) is 9.25. The smallest absolute Gasteiger partial charge is 0.270 e. The van der Waals surface area contributed by atoms with E-state index in [0.29, 0.717) is 31.2 Å². The largest absolute Gasteiger partial charge is 0.354 e. The van der Waals surface area contributed by atoms with Crippen LogP contribution in [0.3, 0.4) is 0 Å². The summed E-state index contributed by atoms with van der Waals surface area (Å²) in [5.74, 6) is 0.150. The number of rotatable bonds is 9. The standard InChI is InChI=1S/C17H23N5O3S/c1-2-3-10-19-16(23)15-9-12-21-17(22-15)20-11-8-13-4-6-14(7-5-13)26(18,24)25/h4-7,9,12H,2-3,8,10-11H2,1H3,(H,19,23)(H2,18,24,25)(H,20,21,22). The van der Waals surface area contributed by atoms with Crippen molar-refractivity contribution < 1.29 is 13.2 Å². The first kappa shape index (κ1) is 19.8. The van der Waals surface area contributed by atoms with Gasteiger partial charge in [-0.2, -0.15) is 0 Å². The van der Waals surface area contributed by atoms with Crippen molar-refractivity contribution in [2.45, 2.75) is 31.1 Å². The molecule has 8 nitrogen and oxygen atoms in total. The Bertz CT molecular complexity index is 838. The van der Waals surface area contributed by atoms with Crippen molar-refractivity contribution in [3.63, 3.8) is 0 Å². The fourth-order valence-electron chi connectivity index (χ4n) is 2.20. The van der Waals surface area contributed by atoms with Crippen molar-refractivity contribution in [2.75, 3.05) is 18.4 Å². The predicted molar refractivity (Wildman–Crippen MR) is 99.3 cm³/mol. The molecule has 0 aliphatic carbocycles. The Morgan fingerprint density at radius 3 is 2.54 bits per heavy atom. The van der Waals surface area contributed by atoms with Crippen molar-refractivity contribution >= 4 is 21.9 Å². The van der Waals surface area contributed by atoms with Gasteiger partial charge in [-0.15, -0.1) is 0 Å². The Kier molecular flexibility index (Phi) is 7.05. The number of nitrogens with two attached hydrogens (primary N) is 1. The van der Waals surface area contributed by atoms with E-state index in [9.17, 15) is 13.2 Å². The highest BCUT2D eigenvalue weighted by Crippen LogP contribution is 2.09. The number of carbonyl (C=O) groups excluding carboxylic acids is 1. The molecule has 26 heavy (non-hydrogen) atoms. The van der Waals surface area contributed by atoms with Crippen molar-refractivity contribution in [1.82, 2.24) is 15.3 Å². The van der Waals surface area contributed by atoms with Gasteiger partial charge in [-0.3, -0.25) is 4.79 Å². The van der Waals surface area contributed by atoms with Crippen LogP contribution in [-0.2, 0) is 16.4 Å². The molecule has 0 fully saturated rings. The Morgan fingerprint density at radius 1 is 1.15 bits per heavy atom. The molecule has 1 aromatic carbocycles. The van der Waals surface area contributed by atoms with Gasteiger partial charge in [-0.1, -0.05) is 25.5 Å². The highest BCUT2D eigenvalue weighted by Gasteiger charge is 2.09. The van der Waals surface area contributed by atoms with Crippen molar-refractivity contribution in [2.24, 2.45) is 5.14 Å². The van der Waals surface area contributed by atoms with Crippen LogP contribution in [0.5, 0.6) is 0 Å². The minimum absolute atomic E-state index is 0.0827. The highest BCUT2D eigenvalue weighted by atomic mass is 32.2. The molecule has 1 heterocycles. The molecule has 9 heteroatoms. The number of amides is 1. The van der Waals surface area contributed by atoms with Crippen LogP contribution in [-0.4, -0.2) is 37.4 Å². The number of nitrogens with zero attached hydrogens (tertiary/aromatic N) is 2. The van der Waals surface area contributed by atoms with Crippen LogP contribution in [0.4, 0.5) is 5.95 Å². The van der Waals surface area contributed by atoms with E-state index in [-0.39, 0.29) is 10.8 Å². The summed E-state index contributed by atoms with van der Waals surface area (Å²) in [7, 11) is -3.68. The van der Waals surface area contributed by atoms with Gasteiger partial charge < -0.3 is 10.6 Å². The Hall–Kier alpha value is -2.52. The fraction of sp³-hybridized carbons (Fsp3) is 0.353. The number of primary sulfonamides is 1. The summed E-state index contributed by atoms with van der Waals surface area (Å²) < 4.78 is 22.5. The molecule has 140 valence electrons. The fourth-order valence-corrected chi connectivity index (χ4v) is 2.72. The van der Waals surface area contributed by atoms with Crippen LogP contribution in [0.15, 0.2) is 41.4 Å². The van der Waals surface area contributed by atoms with Gasteiger partial charge in [-0.05, 0) is 36.6 Å². The second-order valence-corrected chi connectivity index (χ2v) is 7.30.